The maximum absolute atomic E-state index is 10.1. The molecule has 0 aromatic heterocycles. The molecule has 3 rings (SSSR count). The third-order valence-corrected chi connectivity index (χ3v) is 5.60. The van der Waals surface area contributed by atoms with E-state index in [1.807, 2.05) is 6.07 Å². The number of halogens is 1. The predicted octanol–water partition coefficient (Wildman–Crippen LogP) is 4.78. The van der Waals surface area contributed by atoms with Gasteiger partial charge in [-0.25, -0.2) is 0 Å². The Labute approximate surface area is 174 Å². The number of aromatic hydroxyl groups is 2. The lowest BCUT2D eigenvalue weighted by molar-refractivity contribution is 0.146. The number of rotatable bonds is 7. The van der Waals surface area contributed by atoms with Crippen LogP contribution in [0.4, 0.5) is 0 Å². The van der Waals surface area contributed by atoms with E-state index in [1.165, 1.54) is 11.1 Å². The molecule has 2 aromatic carbocycles. The van der Waals surface area contributed by atoms with Gasteiger partial charge in [0.25, 0.3) is 0 Å². The monoisotopic (exact) mass is 405 g/mol. The zero-order valence-electron chi connectivity index (χ0n) is 17.1. The number of aryl methyl sites for hydroxylation is 2. The summed E-state index contributed by atoms with van der Waals surface area (Å²) < 4.78 is 6.12. The van der Waals surface area contributed by atoms with Gasteiger partial charge in [-0.3, -0.25) is 4.90 Å². The summed E-state index contributed by atoms with van der Waals surface area (Å²) in [7, 11) is 0. The normalized spacial score (nSPS) is 15.8. The second kappa shape index (κ2) is 10.0. The van der Waals surface area contributed by atoms with E-state index in [-0.39, 0.29) is 23.9 Å². The van der Waals surface area contributed by atoms with Crippen LogP contribution in [0.15, 0.2) is 30.3 Å². The Hall–Kier alpha value is -1.91. The van der Waals surface area contributed by atoms with Crippen LogP contribution in [0.5, 0.6) is 17.2 Å². The van der Waals surface area contributed by atoms with Gasteiger partial charge in [0.2, 0.25) is 0 Å². The molecule has 2 aromatic rings. The fraction of sp³-hybridized carbons (Fsp3) is 0.478. The molecule has 0 saturated heterocycles. The molecule has 1 unspecified atom stereocenters. The van der Waals surface area contributed by atoms with Crippen molar-refractivity contribution in [1.29, 1.82) is 0 Å². The minimum Gasteiger partial charge on any atom is -0.504 e. The van der Waals surface area contributed by atoms with Crippen LogP contribution < -0.4 is 4.74 Å². The molecule has 1 aliphatic carbocycles. The van der Waals surface area contributed by atoms with E-state index >= 15 is 0 Å². The molecule has 0 spiro atoms. The van der Waals surface area contributed by atoms with Crippen molar-refractivity contribution in [3.05, 3.63) is 52.6 Å². The number of phenols is 2. The lowest BCUT2D eigenvalue weighted by Gasteiger charge is -2.35. The first-order chi connectivity index (χ1) is 13.0. The fourth-order valence-electron chi connectivity index (χ4n) is 4.17. The van der Waals surface area contributed by atoms with E-state index in [9.17, 15) is 10.2 Å². The van der Waals surface area contributed by atoms with Crippen LogP contribution in [0.1, 0.15) is 42.0 Å². The lowest BCUT2D eigenvalue weighted by atomic mass is 9.86. The van der Waals surface area contributed by atoms with E-state index in [4.69, 9.17) is 4.74 Å². The minimum atomic E-state index is -0.0142. The van der Waals surface area contributed by atoms with Crippen LogP contribution in [-0.2, 0) is 12.8 Å². The second-order valence-corrected chi connectivity index (χ2v) is 7.57. The van der Waals surface area contributed by atoms with Crippen LogP contribution in [0.2, 0.25) is 0 Å². The quantitative estimate of drug-likeness (QED) is 0.650. The van der Waals surface area contributed by atoms with Crippen molar-refractivity contribution < 1.29 is 14.9 Å². The Morgan fingerprint density at radius 3 is 2.46 bits per heavy atom. The average Bonchev–Trinajstić information content (AvgIpc) is 2.66. The van der Waals surface area contributed by atoms with Gasteiger partial charge in [0.1, 0.15) is 12.4 Å². The van der Waals surface area contributed by atoms with Crippen LogP contribution in [-0.4, -0.2) is 40.9 Å². The van der Waals surface area contributed by atoms with Crippen molar-refractivity contribution in [3.63, 3.8) is 0 Å². The number of phenolic OH excluding ortho intramolecular Hbond substituents is 2. The highest BCUT2D eigenvalue weighted by molar-refractivity contribution is 5.85. The van der Waals surface area contributed by atoms with Crippen molar-refractivity contribution in [2.75, 3.05) is 19.7 Å². The Balaban J connectivity index is 0.00000280. The highest BCUT2D eigenvalue weighted by atomic mass is 35.5. The van der Waals surface area contributed by atoms with Crippen LogP contribution >= 0.6 is 12.4 Å². The second-order valence-electron chi connectivity index (χ2n) is 7.57. The Kier molecular flexibility index (Phi) is 8.02. The molecule has 28 heavy (non-hydrogen) atoms. The van der Waals surface area contributed by atoms with E-state index in [0.29, 0.717) is 12.6 Å². The molecule has 0 saturated carbocycles. The van der Waals surface area contributed by atoms with Crippen molar-refractivity contribution >= 4 is 12.4 Å². The Morgan fingerprint density at radius 1 is 1.07 bits per heavy atom. The number of nitrogens with zero attached hydrogens (tertiary/aromatic N) is 1. The first-order valence-corrected chi connectivity index (χ1v) is 9.97. The van der Waals surface area contributed by atoms with Crippen LogP contribution in [0.25, 0.3) is 0 Å². The van der Waals surface area contributed by atoms with Gasteiger partial charge in [-0.05, 0) is 68.8 Å². The fourth-order valence-corrected chi connectivity index (χ4v) is 4.17. The van der Waals surface area contributed by atoms with Gasteiger partial charge >= 0.3 is 0 Å². The summed E-state index contributed by atoms with van der Waals surface area (Å²) >= 11 is 0. The number of benzene rings is 2. The van der Waals surface area contributed by atoms with Gasteiger partial charge in [-0.15, -0.1) is 12.4 Å². The summed E-state index contributed by atoms with van der Waals surface area (Å²) in [6.07, 6.45) is 3.81. The maximum atomic E-state index is 10.1. The zero-order valence-corrected chi connectivity index (χ0v) is 17.9. The molecule has 0 fully saturated rings. The van der Waals surface area contributed by atoms with Crippen LogP contribution in [0.3, 0.4) is 0 Å². The van der Waals surface area contributed by atoms with E-state index in [1.54, 1.807) is 6.07 Å². The highest BCUT2D eigenvalue weighted by Crippen LogP contribution is 2.36. The summed E-state index contributed by atoms with van der Waals surface area (Å²) in [5, 5.41) is 19.8. The Morgan fingerprint density at radius 2 is 1.79 bits per heavy atom. The Bertz CT molecular complexity index is 773. The third-order valence-electron chi connectivity index (χ3n) is 5.60. The van der Waals surface area contributed by atoms with E-state index in [2.05, 4.69) is 43.9 Å². The molecule has 1 aliphatic rings. The lowest BCUT2D eigenvalue weighted by Crippen LogP contribution is -2.42. The molecule has 154 valence electrons. The van der Waals surface area contributed by atoms with Gasteiger partial charge in [0.05, 0.1) is 0 Å². The topological polar surface area (TPSA) is 52.9 Å². The first-order valence-electron chi connectivity index (χ1n) is 9.97. The number of para-hydroxylation sites is 1. The highest BCUT2D eigenvalue weighted by Gasteiger charge is 2.26. The molecule has 0 heterocycles. The van der Waals surface area contributed by atoms with Gasteiger partial charge in [0.15, 0.2) is 11.5 Å². The summed E-state index contributed by atoms with van der Waals surface area (Å²) in [6, 6.07) is 10.2. The van der Waals surface area contributed by atoms with Crippen LogP contribution in [0, 0.1) is 13.8 Å². The zero-order chi connectivity index (χ0) is 19.4. The van der Waals surface area contributed by atoms with Gasteiger partial charge in [-0.1, -0.05) is 31.2 Å². The van der Waals surface area contributed by atoms with Crippen molar-refractivity contribution in [3.8, 4) is 17.2 Å². The van der Waals surface area contributed by atoms with Crippen molar-refractivity contribution in [2.24, 2.45) is 0 Å². The summed E-state index contributed by atoms with van der Waals surface area (Å²) in [6.45, 7) is 9.00. The van der Waals surface area contributed by atoms with Gasteiger partial charge in [0, 0.05) is 18.2 Å². The van der Waals surface area contributed by atoms with E-state index in [0.717, 1.165) is 55.6 Å². The smallest absolute Gasteiger partial charge is 0.160 e. The van der Waals surface area contributed by atoms with Crippen molar-refractivity contribution in [2.45, 2.75) is 52.5 Å². The molecule has 0 bridgehead atoms. The number of hydrogen-bond donors (Lipinski definition) is 2. The minimum absolute atomic E-state index is 0. The number of ether oxygens (including phenoxy) is 1. The SMILES string of the molecule is CCCN(CCOc1c(C)cccc1C)C1CCc2c(ccc(O)c2O)C1.Cl. The molecule has 0 amide bonds. The average molecular weight is 406 g/mol. The summed E-state index contributed by atoms with van der Waals surface area (Å²) in [4.78, 5) is 2.51. The standard InChI is InChI=1S/C23H31NO3.ClH/c1-4-12-24(13-14-27-23-16(2)6-5-7-17(23)3)19-9-10-20-18(15-19)8-11-21(25)22(20)26;/h5-8,11,19,25-26H,4,9-10,12-15H2,1-3H3;1H. The van der Waals surface area contributed by atoms with E-state index < -0.39 is 0 Å². The van der Waals surface area contributed by atoms with Crippen molar-refractivity contribution in [1.82, 2.24) is 4.90 Å². The molecule has 5 heteroatoms. The summed E-state index contributed by atoms with van der Waals surface area (Å²) in [5.41, 5.74) is 4.42. The summed E-state index contributed by atoms with van der Waals surface area (Å²) in [5.74, 6) is 1.05. The molecule has 2 N–H and O–H groups in total. The largest absolute Gasteiger partial charge is 0.504 e. The van der Waals surface area contributed by atoms with Gasteiger partial charge < -0.3 is 14.9 Å². The molecule has 4 nitrogen and oxygen atoms in total. The predicted molar refractivity (Wildman–Crippen MR) is 116 cm³/mol. The third kappa shape index (κ3) is 4.92. The molecular weight excluding hydrogens is 374 g/mol. The molecule has 0 radical (unpaired) electrons. The molecular formula is C23H32ClNO3. The molecule has 1 atom stereocenters. The number of hydrogen-bond acceptors (Lipinski definition) is 4. The number of fused-ring (bicyclic) bond motifs is 1. The van der Waals surface area contributed by atoms with Gasteiger partial charge in [-0.2, -0.15) is 0 Å². The maximum Gasteiger partial charge on any atom is 0.160 e. The molecule has 0 aliphatic heterocycles. The first kappa shape index (κ1) is 22.4.